The molecule has 1 heterocycles. The molecule has 6 heteroatoms. The molecule has 0 bridgehead atoms. The summed E-state index contributed by atoms with van der Waals surface area (Å²) >= 11 is 0. The van der Waals surface area contributed by atoms with Crippen LogP contribution in [0.5, 0.6) is 0 Å². The van der Waals surface area contributed by atoms with Gasteiger partial charge in [-0.05, 0) is 37.6 Å². The first-order chi connectivity index (χ1) is 9.10. The van der Waals surface area contributed by atoms with Crippen molar-refractivity contribution in [2.75, 3.05) is 13.1 Å². The van der Waals surface area contributed by atoms with Crippen LogP contribution in [0.2, 0.25) is 18.1 Å². The van der Waals surface area contributed by atoms with E-state index in [-0.39, 0.29) is 22.4 Å². The van der Waals surface area contributed by atoms with Crippen LogP contribution in [0.25, 0.3) is 5.53 Å². The van der Waals surface area contributed by atoms with Gasteiger partial charge in [0.05, 0.1) is 0 Å². The molecular weight excluding hydrogens is 270 g/mol. The van der Waals surface area contributed by atoms with Gasteiger partial charge in [0, 0.05) is 13.1 Å². The molecule has 1 saturated heterocycles. The fourth-order valence-corrected chi connectivity index (χ4v) is 2.82. The number of likely N-dealkylation sites (tertiary alicyclic amines) is 1. The summed E-state index contributed by atoms with van der Waals surface area (Å²) in [6.45, 7) is 15.6. The summed E-state index contributed by atoms with van der Waals surface area (Å²) in [5, 5.41) is -0.00675. The van der Waals surface area contributed by atoms with E-state index in [0.717, 1.165) is 12.8 Å². The molecule has 0 atom stereocenters. The number of amides is 1. The maximum atomic E-state index is 12.3. The van der Waals surface area contributed by atoms with E-state index in [1.165, 1.54) is 0 Å². The zero-order valence-corrected chi connectivity index (χ0v) is 14.2. The Bertz CT molecular complexity index is 454. The summed E-state index contributed by atoms with van der Waals surface area (Å²) in [6.07, 6.45) is 1.97. The van der Waals surface area contributed by atoms with Crippen molar-refractivity contribution in [2.45, 2.75) is 51.7 Å². The first-order valence-electron chi connectivity index (χ1n) is 7.00. The highest BCUT2D eigenvalue weighted by Crippen LogP contribution is 2.37. The highest BCUT2D eigenvalue weighted by Gasteiger charge is 2.42. The fourth-order valence-electron chi connectivity index (χ4n) is 1.80. The van der Waals surface area contributed by atoms with Gasteiger partial charge in [0.25, 0.3) is 8.32 Å². The second-order valence-electron chi connectivity index (χ2n) is 6.73. The minimum atomic E-state index is -2.09. The predicted molar refractivity (Wildman–Crippen MR) is 81.9 cm³/mol. The molecule has 0 aromatic carbocycles. The van der Waals surface area contributed by atoms with Crippen molar-refractivity contribution in [1.82, 2.24) is 4.90 Å². The van der Waals surface area contributed by atoms with Crippen LogP contribution in [-0.4, -0.2) is 42.7 Å². The molecule has 20 heavy (non-hydrogen) atoms. The lowest BCUT2D eigenvalue weighted by Gasteiger charge is -2.36. The van der Waals surface area contributed by atoms with Crippen molar-refractivity contribution in [3.05, 3.63) is 17.9 Å². The molecule has 0 aromatic rings. The highest BCUT2D eigenvalue weighted by atomic mass is 28.4. The van der Waals surface area contributed by atoms with Crippen molar-refractivity contribution in [3.8, 4) is 0 Å². The van der Waals surface area contributed by atoms with Gasteiger partial charge in [-0.2, -0.15) is 4.79 Å². The summed E-state index contributed by atoms with van der Waals surface area (Å²) in [7, 11) is -2.09. The van der Waals surface area contributed by atoms with Crippen LogP contribution in [0.4, 0.5) is 0 Å². The number of hydrogen-bond acceptors (Lipinski definition) is 2. The first kappa shape index (κ1) is 16.7. The average Bonchev–Trinajstić information content (AvgIpc) is 2.80. The second kappa shape index (κ2) is 5.93. The molecule has 0 N–H and O–H groups in total. The topological polar surface area (TPSA) is 65.9 Å². The molecule has 1 fully saturated rings. The van der Waals surface area contributed by atoms with Crippen LogP contribution < -0.4 is 0 Å². The molecule has 0 aromatic heterocycles. The molecule has 1 aliphatic rings. The van der Waals surface area contributed by atoms with E-state index < -0.39 is 8.32 Å². The Kier molecular flexibility index (Phi) is 4.94. The van der Waals surface area contributed by atoms with Gasteiger partial charge in [0.2, 0.25) is 0 Å². The molecule has 0 radical (unpaired) electrons. The Morgan fingerprint density at radius 2 is 1.80 bits per heavy atom. The monoisotopic (exact) mass is 295 g/mol. The highest BCUT2D eigenvalue weighted by molar-refractivity contribution is 6.74. The third kappa shape index (κ3) is 3.58. The summed E-state index contributed by atoms with van der Waals surface area (Å²) in [5.41, 5.74) is 9.07. The van der Waals surface area contributed by atoms with Crippen LogP contribution in [0, 0.1) is 0 Å². The Labute approximate surface area is 122 Å². The van der Waals surface area contributed by atoms with Crippen molar-refractivity contribution in [2.24, 2.45) is 0 Å². The number of carbonyl (C=O) groups is 1. The van der Waals surface area contributed by atoms with Gasteiger partial charge in [0.15, 0.2) is 5.76 Å². The maximum absolute atomic E-state index is 12.3. The summed E-state index contributed by atoms with van der Waals surface area (Å²) in [6, 6.07) is 0. The van der Waals surface area contributed by atoms with Gasteiger partial charge >= 0.3 is 11.6 Å². The van der Waals surface area contributed by atoms with Crippen LogP contribution >= 0.6 is 0 Å². The zero-order valence-electron chi connectivity index (χ0n) is 13.2. The zero-order chi connectivity index (χ0) is 15.6. The van der Waals surface area contributed by atoms with E-state index in [1.54, 1.807) is 4.90 Å². The standard InChI is InChI=1S/C14H25N3O2Si/c1-11(19-20(5,6)14(2,3)4)12(16-15)13(18)17-9-7-8-10-17/h1,7-10H2,2-6H3. The van der Waals surface area contributed by atoms with E-state index in [4.69, 9.17) is 9.96 Å². The minimum absolute atomic E-state index is 0.00675. The van der Waals surface area contributed by atoms with Crippen LogP contribution in [0.15, 0.2) is 12.3 Å². The third-order valence-corrected chi connectivity index (χ3v) is 8.51. The van der Waals surface area contributed by atoms with Crippen LogP contribution in [0.3, 0.4) is 0 Å². The smallest absolute Gasteiger partial charge is 0.418 e. The van der Waals surface area contributed by atoms with E-state index >= 15 is 0 Å². The Morgan fingerprint density at radius 3 is 2.20 bits per heavy atom. The molecule has 1 rings (SSSR count). The molecule has 5 nitrogen and oxygen atoms in total. The summed E-state index contributed by atoms with van der Waals surface area (Å²) < 4.78 is 5.94. The number of nitrogens with zero attached hydrogens (tertiary/aromatic N) is 3. The molecular formula is C14H25N3O2Si. The van der Waals surface area contributed by atoms with Gasteiger partial charge in [-0.25, -0.2) is 0 Å². The van der Waals surface area contributed by atoms with E-state index in [1.807, 2.05) is 0 Å². The first-order valence-corrected chi connectivity index (χ1v) is 9.90. The SMILES string of the molecule is C=C(O[Si](C)(C)C(C)(C)C)C(=[N+]=[N-])C(=O)N1CCCC1. The Balaban J connectivity index is 2.84. The average molecular weight is 295 g/mol. The molecule has 112 valence electrons. The lowest BCUT2D eigenvalue weighted by atomic mass is 10.2. The summed E-state index contributed by atoms with van der Waals surface area (Å²) in [5.74, 6) is -0.121. The largest absolute Gasteiger partial charge is 0.538 e. The van der Waals surface area contributed by atoms with Crippen molar-refractivity contribution in [1.29, 1.82) is 0 Å². The number of rotatable bonds is 4. The van der Waals surface area contributed by atoms with E-state index in [0.29, 0.717) is 13.1 Å². The molecule has 0 spiro atoms. The lowest BCUT2D eigenvalue weighted by Crippen LogP contribution is -2.43. The molecule has 0 aliphatic carbocycles. The predicted octanol–water partition coefficient (Wildman–Crippen LogP) is 2.82. The molecule has 1 aliphatic heterocycles. The lowest BCUT2D eigenvalue weighted by molar-refractivity contribution is -0.127. The molecule has 1 amide bonds. The second-order valence-corrected chi connectivity index (χ2v) is 11.5. The van der Waals surface area contributed by atoms with Crippen molar-refractivity contribution >= 4 is 19.9 Å². The van der Waals surface area contributed by atoms with E-state index in [2.05, 4.69) is 45.2 Å². The molecule has 0 unspecified atom stereocenters. The quantitative estimate of drug-likeness (QED) is 0.263. The third-order valence-electron chi connectivity index (χ3n) is 4.14. The fraction of sp³-hybridized carbons (Fsp3) is 0.714. The normalized spacial score (nSPS) is 15.8. The van der Waals surface area contributed by atoms with Crippen molar-refractivity contribution in [3.63, 3.8) is 0 Å². The van der Waals surface area contributed by atoms with Gasteiger partial charge in [-0.1, -0.05) is 20.8 Å². The Hall–Kier alpha value is -1.39. The summed E-state index contributed by atoms with van der Waals surface area (Å²) in [4.78, 5) is 17.1. The van der Waals surface area contributed by atoms with Gasteiger partial charge in [-0.3, -0.25) is 4.79 Å². The van der Waals surface area contributed by atoms with Crippen LogP contribution in [-0.2, 0) is 9.22 Å². The number of carbonyl (C=O) groups excluding carboxylic acids is 1. The Morgan fingerprint density at radius 1 is 1.30 bits per heavy atom. The van der Waals surface area contributed by atoms with Gasteiger partial charge < -0.3 is 14.9 Å². The van der Waals surface area contributed by atoms with Crippen LogP contribution in [0.1, 0.15) is 33.6 Å². The maximum Gasteiger partial charge on any atom is 0.418 e. The van der Waals surface area contributed by atoms with Gasteiger partial charge in [-0.15, -0.1) is 0 Å². The van der Waals surface area contributed by atoms with E-state index in [9.17, 15) is 4.79 Å². The molecule has 0 saturated carbocycles. The minimum Gasteiger partial charge on any atom is -0.538 e. The van der Waals surface area contributed by atoms with Gasteiger partial charge in [0.1, 0.15) is 0 Å². The van der Waals surface area contributed by atoms with Crippen molar-refractivity contribution < 1.29 is 14.0 Å². The number of hydrogen-bond donors (Lipinski definition) is 0.